The minimum Gasteiger partial charge on any atom is -0.367 e. The third kappa shape index (κ3) is 4.00. The second-order valence-electron chi connectivity index (χ2n) is 5.71. The van der Waals surface area contributed by atoms with E-state index in [-0.39, 0.29) is 18.4 Å². The van der Waals surface area contributed by atoms with Crippen molar-refractivity contribution >= 4 is 17.5 Å². The zero-order chi connectivity index (χ0) is 16.8. The standard InChI is InChI=1S/C19H20N2O3/c22-18(14-24-13-15-7-3-1-4-8-15)20-17-11-12-21(19(17)23)16-9-5-2-6-10-16/h1-10,17H,11-14H2,(H,20,22)/t17-/m0/s1. The molecule has 0 aliphatic carbocycles. The topological polar surface area (TPSA) is 58.6 Å². The van der Waals surface area contributed by atoms with Crippen LogP contribution in [-0.2, 0) is 20.9 Å². The summed E-state index contributed by atoms with van der Waals surface area (Å²) >= 11 is 0. The Labute approximate surface area is 141 Å². The molecule has 2 amide bonds. The molecule has 2 aromatic carbocycles. The number of nitrogens with one attached hydrogen (secondary N) is 1. The van der Waals surface area contributed by atoms with Gasteiger partial charge in [-0.2, -0.15) is 0 Å². The highest BCUT2D eigenvalue weighted by Gasteiger charge is 2.33. The van der Waals surface area contributed by atoms with Crippen LogP contribution in [0.4, 0.5) is 5.69 Å². The summed E-state index contributed by atoms with van der Waals surface area (Å²) in [5.74, 6) is -0.336. The molecule has 1 N–H and O–H groups in total. The fourth-order valence-electron chi connectivity index (χ4n) is 2.75. The van der Waals surface area contributed by atoms with E-state index in [4.69, 9.17) is 4.74 Å². The molecule has 1 saturated heterocycles. The molecule has 0 radical (unpaired) electrons. The Morgan fingerprint density at radius 1 is 1.08 bits per heavy atom. The van der Waals surface area contributed by atoms with Crippen LogP contribution in [0.5, 0.6) is 0 Å². The predicted molar refractivity (Wildman–Crippen MR) is 91.4 cm³/mol. The van der Waals surface area contributed by atoms with Crippen molar-refractivity contribution in [1.29, 1.82) is 0 Å². The van der Waals surface area contributed by atoms with Crippen LogP contribution in [0.3, 0.4) is 0 Å². The minimum absolute atomic E-state index is 0.0516. The molecule has 0 aromatic heterocycles. The van der Waals surface area contributed by atoms with Crippen LogP contribution < -0.4 is 10.2 Å². The van der Waals surface area contributed by atoms with Gasteiger partial charge in [-0.1, -0.05) is 48.5 Å². The maximum atomic E-state index is 12.4. The van der Waals surface area contributed by atoms with Gasteiger partial charge in [0.15, 0.2) is 0 Å². The third-order valence-electron chi connectivity index (χ3n) is 3.95. The van der Waals surface area contributed by atoms with E-state index in [0.29, 0.717) is 19.6 Å². The molecule has 0 saturated carbocycles. The summed E-state index contributed by atoms with van der Waals surface area (Å²) in [5, 5.41) is 2.76. The van der Waals surface area contributed by atoms with Gasteiger partial charge in [0.2, 0.25) is 11.8 Å². The molecule has 1 aliphatic heterocycles. The molecule has 1 fully saturated rings. The van der Waals surface area contributed by atoms with Crippen LogP contribution in [0.25, 0.3) is 0 Å². The van der Waals surface area contributed by atoms with Crippen molar-refractivity contribution in [3.63, 3.8) is 0 Å². The summed E-state index contributed by atoms with van der Waals surface area (Å²) < 4.78 is 5.40. The summed E-state index contributed by atoms with van der Waals surface area (Å²) in [7, 11) is 0. The lowest BCUT2D eigenvalue weighted by molar-refractivity contribution is -0.130. The molecule has 1 atom stereocenters. The Kier molecular flexibility index (Phi) is 5.23. The smallest absolute Gasteiger partial charge is 0.249 e. The molecule has 5 nitrogen and oxygen atoms in total. The van der Waals surface area contributed by atoms with E-state index in [1.165, 1.54) is 0 Å². The number of benzene rings is 2. The Morgan fingerprint density at radius 2 is 1.75 bits per heavy atom. The maximum absolute atomic E-state index is 12.4. The number of carbonyl (C=O) groups excluding carboxylic acids is 2. The lowest BCUT2D eigenvalue weighted by atomic mass is 10.2. The highest BCUT2D eigenvalue weighted by Crippen LogP contribution is 2.20. The highest BCUT2D eigenvalue weighted by atomic mass is 16.5. The monoisotopic (exact) mass is 324 g/mol. The van der Waals surface area contributed by atoms with Crippen molar-refractivity contribution in [1.82, 2.24) is 5.32 Å². The second kappa shape index (κ2) is 7.75. The van der Waals surface area contributed by atoms with E-state index in [1.54, 1.807) is 4.90 Å². The number of rotatable bonds is 6. The van der Waals surface area contributed by atoms with Gasteiger partial charge >= 0.3 is 0 Å². The number of ether oxygens (including phenoxy) is 1. The molecule has 0 spiro atoms. The lowest BCUT2D eigenvalue weighted by Crippen LogP contribution is -2.43. The van der Waals surface area contributed by atoms with Gasteiger partial charge in [0.25, 0.3) is 0 Å². The number of para-hydroxylation sites is 1. The molecule has 124 valence electrons. The van der Waals surface area contributed by atoms with Crippen LogP contribution in [0.1, 0.15) is 12.0 Å². The Balaban J connectivity index is 1.46. The molecule has 24 heavy (non-hydrogen) atoms. The molecule has 1 aliphatic rings. The van der Waals surface area contributed by atoms with Crippen molar-refractivity contribution in [2.24, 2.45) is 0 Å². The van der Waals surface area contributed by atoms with Gasteiger partial charge in [-0.15, -0.1) is 0 Å². The number of nitrogens with zero attached hydrogens (tertiary/aromatic N) is 1. The van der Waals surface area contributed by atoms with Crippen LogP contribution in [0.15, 0.2) is 60.7 Å². The van der Waals surface area contributed by atoms with Crippen molar-refractivity contribution in [3.05, 3.63) is 66.2 Å². The molecule has 0 unspecified atom stereocenters. The normalized spacial score (nSPS) is 17.1. The zero-order valence-electron chi connectivity index (χ0n) is 13.4. The first-order valence-electron chi connectivity index (χ1n) is 8.01. The highest BCUT2D eigenvalue weighted by molar-refractivity contribution is 6.01. The quantitative estimate of drug-likeness (QED) is 0.885. The van der Waals surface area contributed by atoms with E-state index in [2.05, 4.69) is 5.32 Å². The summed E-state index contributed by atoms with van der Waals surface area (Å²) in [4.78, 5) is 26.1. The van der Waals surface area contributed by atoms with Gasteiger partial charge in [0, 0.05) is 12.2 Å². The Hall–Kier alpha value is -2.66. The fourth-order valence-corrected chi connectivity index (χ4v) is 2.75. The Bertz CT molecular complexity index is 688. The number of hydrogen-bond donors (Lipinski definition) is 1. The van der Waals surface area contributed by atoms with Crippen LogP contribution in [-0.4, -0.2) is 31.0 Å². The molecule has 5 heteroatoms. The average molecular weight is 324 g/mol. The average Bonchev–Trinajstić information content (AvgIpc) is 2.97. The van der Waals surface area contributed by atoms with Gasteiger partial charge in [-0.3, -0.25) is 9.59 Å². The molecular weight excluding hydrogens is 304 g/mol. The summed E-state index contributed by atoms with van der Waals surface area (Å²) in [5.41, 5.74) is 1.87. The SMILES string of the molecule is O=C(COCc1ccccc1)N[C@H]1CCN(c2ccccc2)C1=O. The van der Waals surface area contributed by atoms with E-state index in [9.17, 15) is 9.59 Å². The predicted octanol–water partition coefficient (Wildman–Crippen LogP) is 2.12. The van der Waals surface area contributed by atoms with Gasteiger partial charge in [0.05, 0.1) is 6.61 Å². The van der Waals surface area contributed by atoms with Gasteiger partial charge in [0.1, 0.15) is 12.6 Å². The first-order chi connectivity index (χ1) is 11.7. The first-order valence-corrected chi connectivity index (χ1v) is 8.01. The van der Waals surface area contributed by atoms with Gasteiger partial charge in [-0.05, 0) is 24.1 Å². The van der Waals surface area contributed by atoms with E-state index < -0.39 is 6.04 Å². The molecule has 2 aromatic rings. The molecular formula is C19H20N2O3. The number of anilines is 1. The first kappa shape index (κ1) is 16.2. The summed E-state index contributed by atoms with van der Waals surface area (Å²) in [6.07, 6.45) is 0.609. The van der Waals surface area contributed by atoms with Crippen molar-refractivity contribution in [2.75, 3.05) is 18.1 Å². The van der Waals surface area contributed by atoms with Crippen LogP contribution >= 0.6 is 0 Å². The second-order valence-corrected chi connectivity index (χ2v) is 5.71. The third-order valence-corrected chi connectivity index (χ3v) is 3.95. The van der Waals surface area contributed by atoms with Crippen molar-refractivity contribution < 1.29 is 14.3 Å². The van der Waals surface area contributed by atoms with Crippen LogP contribution in [0, 0.1) is 0 Å². The molecule has 1 heterocycles. The fraction of sp³-hybridized carbons (Fsp3) is 0.263. The van der Waals surface area contributed by atoms with Crippen molar-refractivity contribution in [2.45, 2.75) is 19.1 Å². The number of hydrogen-bond acceptors (Lipinski definition) is 3. The number of carbonyl (C=O) groups is 2. The number of amides is 2. The minimum atomic E-state index is -0.474. The van der Waals surface area contributed by atoms with Gasteiger partial charge in [-0.25, -0.2) is 0 Å². The van der Waals surface area contributed by atoms with Crippen LogP contribution in [0.2, 0.25) is 0 Å². The summed E-state index contributed by atoms with van der Waals surface area (Å²) in [6.45, 7) is 0.936. The van der Waals surface area contributed by atoms with Crippen molar-refractivity contribution in [3.8, 4) is 0 Å². The molecule has 0 bridgehead atoms. The summed E-state index contributed by atoms with van der Waals surface area (Å²) in [6, 6.07) is 18.7. The lowest BCUT2D eigenvalue weighted by Gasteiger charge is -2.17. The van der Waals surface area contributed by atoms with Gasteiger partial charge < -0.3 is 15.0 Å². The maximum Gasteiger partial charge on any atom is 0.249 e. The van der Waals surface area contributed by atoms with E-state index >= 15 is 0 Å². The Morgan fingerprint density at radius 3 is 2.46 bits per heavy atom. The largest absolute Gasteiger partial charge is 0.367 e. The van der Waals surface area contributed by atoms with E-state index in [1.807, 2.05) is 60.7 Å². The zero-order valence-corrected chi connectivity index (χ0v) is 13.4. The molecule has 3 rings (SSSR count). The van der Waals surface area contributed by atoms with E-state index in [0.717, 1.165) is 11.3 Å².